The highest BCUT2D eigenvalue weighted by molar-refractivity contribution is 5.99. The van der Waals surface area contributed by atoms with Crippen LogP contribution in [0, 0.1) is 11.5 Å². The van der Waals surface area contributed by atoms with E-state index in [1.807, 2.05) is 36.4 Å². The Bertz CT molecular complexity index is 460. The molecule has 1 radical (unpaired) electrons. The second-order valence-corrected chi connectivity index (χ2v) is 2.90. The molecule has 0 amide bonds. The van der Waals surface area contributed by atoms with E-state index in [0.29, 0.717) is 0 Å². The van der Waals surface area contributed by atoms with Gasteiger partial charge in [-0.3, -0.25) is 5.41 Å². The highest BCUT2D eigenvalue weighted by Gasteiger charge is 1.97. The van der Waals surface area contributed by atoms with Crippen LogP contribution >= 0.6 is 0 Å². The average Bonchev–Trinajstić information content (AvgIpc) is 2.17. The fourth-order valence-electron chi connectivity index (χ4n) is 1.29. The molecule has 2 rings (SSSR count). The quantitative estimate of drug-likeness (QED) is 0.497. The molecule has 63 valence electrons. The number of fused-ring (bicyclic) bond motifs is 1. The summed E-state index contributed by atoms with van der Waals surface area (Å²) in [6.45, 7) is 0. The molecule has 2 nitrogen and oxygen atoms in total. The predicted octanol–water partition coefficient (Wildman–Crippen LogP) is 1.92. The third kappa shape index (κ3) is 1.38. The van der Waals surface area contributed by atoms with Crippen molar-refractivity contribution >= 4 is 16.6 Å². The van der Waals surface area contributed by atoms with Crippen molar-refractivity contribution in [3.05, 3.63) is 48.0 Å². The van der Waals surface area contributed by atoms with Gasteiger partial charge in [0.15, 0.2) is 0 Å². The molecule has 0 aliphatic rings. The summed E-state index contributed by atoms with van der Waals surface area (Å²) in [5.74, 6) is 0.106. The lowest BCUT2D eigenvalue weighted by Gasteiger charge is -2.00. The summed E-state index contributed by atoms with van der Waals surface area (Å²) in [6, 6.07) is 14.4. The standard InChI is InChI=1S/C11H9N2/c12-11(13)10-6-5-8-3-1-2-4-9(8)7-10/h2-7H,(H3,12,13). The molecule has 0 aliphatic carbocycles. The largest absolute Gasteiger partial charge is 0.384 e. The van der Waals surface area contributed by atoms with E-state index in [0.717, 1.165) is 16.3 Å². The SMILES string of the molecule is N=C(N)c1ccc2c[c]ccc2c1. The monoisotopic (exact) mass is 169 g/mol. The Kier molecular flexibility index (Phi) is 1.74. The summed E-state index contributed by atoms with van der Waals surface area (Å²) in [7, 11) is 0. The van der Waals surface area contributed by atoms with Gasteiger partial charge in [0.25, 0.3) is 0 Å². The Balaban J connectivity index is 2.69. The Morgan fingerprint density at radius 3 is 2.85 bits per heavy atom. The Morgan fingerprint density at radius 1 is 1.23 bits per heavy atom. The first-order valence-corrected chi connectivity index (χ1v) is 4.01. The maximum Gasteiger partial charge on any atom is 0.122 e. The van der Waals surface area contributed by atoms with Crippen LogP contribution in [0.4, 0.5) is 0 Å². The molecular formula is C11H9N2. The van der Waals surface area contributed by atoms with Gasteiger partial charge >= 0.3 is 0 Å². The van der Waals surface area contributed by atoms with Gasteiger partial charge in [0.05, 0.1) is 0 Å². The average molecular weight is 169 g/mol. The molecule has 0 unspecified atom stereocenters. The van der Waals surface area contributed by atoms with Crippen LogP contribution in [-0.2, 0) is 0 Å². The molecule has 0 aliphatic heterocycles. The van der Waals surface area contributed by atoms with Gasteiger partial charge in [0.2, 0.25) is 0 Å². The van der Waals surface area contributed by atoms with Crippen LogP contribution in [0.3, 0.4) is 0 Å². The predicted molar refractivity (Wildman–Crippen MR) is 53.8 cm³/mol. The van der Waals surface area contributed by atoms with Crippen molar-refractivity contribution in [1.29, 1.82) is 5.41 Å². The lowest BCUT2D eigenvalue weighted by atomic mass is 10.1. The minimum atomic E-state index is 0.106. The topological polar surface area (TPSA) is 49.9 Å². The zero-order valence-corrected chi connectivity index (χ0v) is 7.04. The first-order chi connectivity index (χ1) is 6.27. The summed E-state index contributed by atoms with van der Waals surface area (Å²) in [5, 5.41) is 9.49. The van der Waals surface area contributed by atoms with Gasteiger partial charge < -0.3 is 5.73 Å². The molecule has 0 saturated carbocycles. The normalized spacial score (nSPS) is 10.2. The van der Waals surface area contributed by atoms with Gasteiger partial charge in [-0.05, 0) is 29.0 Å². The van der Waals surface area contributed by atoms with Gasteiger partial charge in [0, 0.05) is 5.56 Å². The highest BCUT2D eigenvalue weighted by atomic mass is 14.7. The molecule has 2 heteroatoms. The molecule has 2 aromatic rings. The molecule has 0 aromatic heterocycles. The highest BCUT2D eigenvalue weighted by Crippen LogP contribution is 2.14. The lowest BCUT2D eigenvalue weighted by Crippen LogP contribution is -2.10. The molecule has 13 heavy (non-hydrogen) atoms. The zero-order chi connectivity index (χ0) is 9.26. The van der Waals surface area contributed by atoms with Gasteiger partial charge in [0.1, 0.15) is 5.84 Å². The third-order valence-electron chi connectivity index (χ3n) is 2.00. The molecule has 0 heterocycles. The van der Waals surface area contributed by atoms with Crippen molar-refractivity contribution in [3.63, 3.8) is 0 Å². The first-order valence-electron chi connectivity index (χ1n) is 4.01. The molecule has 3 N–H and O–H groups in total. The van der Waals surface area contributed by atoms with Crippen LogP contribution in [0.2, 0.25) is 0 Å². The van der Waals surface area contributed by atoms with Gasteiger partial charge in [-0.15, -0.1) is 0 Å². The Hall–Kier alpha value is -1.83. The number of benzene rings is 2. The maximum absolute atomic E-state index is 7.28. The van der Waals surface area contributed by atoms with Crippen LogP contribution in [0.15, 0.2) is 36.4 Å². The summed E-state index contributed by atoms with van der Waals surface area (Å²) >= 11 is 0. The zero-order valence-electron chi connectivity index (χ0n) is 7.04. The Morgan fingerprint density at radius 2 is 2.08 bits per heavy atom. The third-order valence-corrected chi connectivity index (χ3v) is 2.00. The fourth-order valence-corrected chi connectivity index (χ4v) is 1.29. The van der Waals surface area contributed by atoms with E-state index in [9.17, 15) is 0 Å². The lowest BCUT2D eigenvalue weighted by molar-refractivity contribution is 1.43. The van der Waals surface area contributed by atoms with Gasteiger partial charge in [-0.1, -0.05) is 24.3 Å². The summed E-state index contributed by atoms with van der Waals surface area (Å²) in [6.07, 6.45) is 0. The summed E-state index contributed by atoms with van der Waals surface area (Å²) in [5.41, 5.74) is 6.14. The van der Waals surface area contributed by atoms with E-state index in [2.05, 4.69) is 6.07 Å². The number of amidine groups is 1. The van der Waals surface area contributed by atoms with E-state index in [4.69, 9.17) is 11.1 Å². The van der Waals surface area contributed by atoms with E-state index in [-0.39, 0.29) is 5.84 Å². The fraction of sp³-hybridized carbons (Fsp3) is 0. The van der Waals surface area contributed by atoms with Gasteiger partial charge in [-0.2, -0.15) is 0 Å². The molecule has 0 atom stereocenters. The number of nitrogens with one attached hydrogen (secondary N) is 1. The summed E-state index contributed by atoms with van der Waals surface area (Å²) < 4.78 is 0. The molecular weight excluding hydrogens is 160 g/mol. The van der Waals surface area contributed by atoms with E-state index >= 15 is 0 Å². The second kappa shape index (κ2) is 2.90. The first kappa shape index (κ1) is 7.80. The van der Waals surface area contributed by atoms with Crippen LogP contribution in [-0.4, -0.2) is 5.84 Å². The van der Waals surface area contributed by atoms with Crippen LogP contribution in [0.5, 0.6) is 0 Å². The number of nitrogen functional groups attached to an aromatic ring is 1. The van der Waals surface area contributed by atoms with Crippen molar-refractivity contribution in [3.8, 4) is 0 Å². The Labute approximate surface area is 76.5 Å². The number of nitrogens with two attached hydrogens (primary N) is 1. The minimum absolute atomic E-state index is 0.106. The van der Waals surface area contributed by atoms with Crippen molar-refractivity contribution in [2.75, 3.05) is 0 Å². The number of rotatable bonds is 1. The minimum Gasteiger partial charge on any atom is -0.384 e. The van der Waals surface area contributed by atoms with Crippen molar-refractivity contribution in [1.82, 2.24) is 0 Å². The van der Waals surface area contributed by atoms with E-state index in [1.165, 1.54) is 0 Å². The van der Waals surface area contributed by atoms with Crippen molar-refractivity contribution in [2.45, 2.75) is 0 Å². The van der Waals surface area contributed by atoms with E-state index < -0.39 is 0 Å². The van der Waals surface area contributed by atoms with Gasteiger partial charge in [-0.25, -0.2) is 0 Å². The number of hydrogen-bond acceptors (Lipinski definition) is 1. The molecule has 0 fully saturated rings. The van der Waals surface area contributed by atoms with Crippen LogP contribution in [0.1, 0.15) is 5.56 Å². The second-order valence-electron chi connectivity index (χ2n) is 2.90. The molecule has 0 bridgehead atoms. The molecule has 0 saturated heterocycles. The number of hydrogen-bond donors (Lipinski definition) is 2. The molecule has 2 aromatic carbocycles. The summed E-state index contributed by atoms with van der Waals surface area (Å²) in [4.78, 5) is 0. The van der Waals surface area contributed by atoms with Crippen LogP contribution in [0.25, 0.3) is 10.8 Å². The van der Waals surface area contributed by atoms with Crippen molar-refractivity contribution in [2.24, 2.45) is 5.73 Å². The van der Waals surface area contributed by atoms with Crippen molar-refractivity contribution < 1.29 is 0 Å². The maximum atomic E-state index is 7.28. The van der Waals surface area contributed by atoms with E-state index in [1.54, 1.807) is 0 Å². The van der Waals surface area contributed by atoms with Crippen LogP contribution < -0.4 is 5.73 Å². The molecule has 0 spiro atoms. The smallest absolute Gasteiger partial charge is 0.122 e.